The van der Waals surface area contributed by atoms with E-state index in [1.165, 1.54) is 12.3 Å². The van der Waals surface area contributed by atoms with E-state index in [0.717, 1.165) is 21.5 Å². The van der Waals surface area contributed by atoms with Crippen LogP contribution in [0.5, 0.6) is 5.75 Å². The number of benzene rings is 1. The lowest BCUT2D eigenvalue weighted by Crippen LogP contribution is -2.02. The topological polar surface area (TPSA) is 34.1 Å². The number of halogens is 2. The summed E-state index contributed by atoms with van der Waals surface area (Å²) in [6.07, 6.45) is 1.46. The van der Waals surface area contributed by atoms with Gasteiger partial charge >= 0.3 is 0 Å². The number of rotatable bonds is 4. The van der Waals surface area contributed by atoms with Gasteiger partial charge in [-0.05, 0) is 30.3 Å². The van der Waals surface area contributed by atoms with E-state index in [1.54, 1.807) is 13.2 Å². The van der Waals surface area contributed by atoms with Gasteiger partial charge in [0.25, 0.3) is 0 Å². The third kappa shape index (κ3) is 3.20. The van der Waals surface area contributed by atoms with Crippen molar-refractivity contribution in [2.24, 2.45) is 0 Å². The summed E-state index contributed by atoms with van der Waals surface area (Å²) in [5.41, 5.74) is 1.77. The van der Waals surface area contributed by atoms with Crippen LogP contribution in [0.4, 0.5) is 10.1 Å². The van der Waals surface area contributed by atoms with Crippen LogP contribution in [0.2, 0.25) is 0 Å². The van der Waals surface area contributed by atoms with E-state index >= 15 is 0 Å². The Bertz CT molecular complexity index is 531. The highest BCUT2D eigenvalue weighted by atomic mass is 79.9. The van der Waals surface area contributed by atoms with E-state index in [-0.39, 0.29) is 0 Å². The van der Waals surface area contributed by atoms with Crippen LogP contribution in [0.15, 0.2) is 41.0 Å². The van der Waals surface area contributed by atoms with Crippen LogP contribution in [-0.4, -0.2) is 12.1 Å². The van der Waals surface area contributed by atoms with Gasteiger partial charge in [-0.15, -0.1) is 0 Å². The van der Waals surface area contributed by atoms with Gasteiger partial charge in [-0.3, -0.25) is 0 Å². The first-order chi connectivity index (χ1) is 8.69. The first-order valence-corrected chi connectivity index (χ1v) is 6.16. The minimum Gasteiger partial charge on any atom is -0.496 e. The third-order valence-electron chi connectivity index (χ3n) is 2.45. The molecule has 0 radical (unpaired) electrons. The fourth-order valence-corrected chi connectivity index (χ4v) is 1.97. The SMILES string of the molecule is COc1ccc(Br)cc1CNc1ccc(F)nc1. The van der Waals surface area contributed by atoms with E-state index in [9.17, 15) is 4.39 Å². The second-order valence-electron chi connectivity index (χ2n) is 3.68. The predicted octanol–water partition coefficient (Wildman–Crippen LogP) is 3.60. The molecular formula is C13H12BrFN2O. The zero-order valence-electron chi connectivity index (χ0n) is 9.78. The fourth-order valence-electron chi connectivity index (χ4n) is 1.56. The number of aromatic nitrogens is 1. The van der Waals surface area contributed by atoms with Crippen LogP contribution >= 0.6 is 15.9 Å². The van der Waals surface area contributed by atoms with Gasteiger partial charge in [0.1, 0.15) is 5.75 Å². The van der Waals surface area contributed by atoms with Crippen molar-refractivity contribution in [3.05, 3.63) is 52.5 Å². The molecule has 0 aliphatic carbocycles. The molecule has 2 rings (SSSR count). The molecule has 0 spiro atoms. The summed E-state index contributed by atoms with van der Waals surface area (Å²) in [6, 6.07) is 8.75. The molecular weight excluding hydrogens is 299 g/mol. The van der Waals surface area contributed by atoms with E-state index in [4.69, 9.17) is 4.74 Å². The van der Waals surface area contributed by atoms with E-state index in [2.05, 4.69) is 26.2 Å². The number of anilines is 1. The van der Waals surface area contributed by atoms with Crippen molar-refractivity contribution in [3.63, 3.8) is 0 Å². The molecule has 0 bridgehead atoms. The summed E-state index contributed by atoms with van der Waals surface area (Å²) in [7, 11) is 1.63. The zero-order chi connectivity index (χ0) is 13.0. The number of nitrogens with one attached hydrogen (secondary N) is 1. The Hall–Kier alpha value is -1.62. The Morgan fingerprint density at radius 1 is 1.33 bits per heavy atom. The molecule has 0 atom stereocenters. The lowest BCUT2D eigenvalue weighted by atomic mass is 10.2. The van der Waals surface area contributed by atoms with Crippen molar-refractivity contribution in [1.82, 2.24) is 4.98 Å². The standard InChI is InChI=1S/C13H12BrFN2O/c1-18-12-4-2-10(14)6-9(12)7-16-11-3-5-13(15)17-8-11/h2-6,8,16H,7H2,1H3. The molecule has 3 nitrogen and oxygen atoms in total. The summed E-state index contributed by atoms with van der Waals surface area (Å²) < 4.78 is 18.9. The number of ether oxygens (including phenoxy) is 1. The van der Waals surface area contributed by atoms with E-state index in [0.29, 0.717) is 6.54 Å². The lowest BCUT2D eigenvalue weighted by molar-refractivity contribution is 0.410. The predicted molar refractivity (Wildman–Crippen MR) is 72.2 cm³/mol. The van der Waals surface area contributed by atoms with Gasteiger partial charge < -0.3 is 10.1 Å². The quantitative estimate of drug-likeness (QED) is 0.876. The Morgan fingerprint density at radius 3 is 2.83 bits per heavy atom. The summed E-state index contributed by atoms with van der Waals surface area (Å²) in [5, 5.41) is 3.16. The second kappa shape index (κ2) is 5.82. The highest BCUT2D eigenvalue weighted by Gasteiger charge is 2.03. The van der Waals surface area contributed by atoms with E-state index < -0.39 is 5.95 Å². The highest BCUT2D eigenvalue weighted by molar-refractivity contribution is 9.10. The van der Waals surface area contributed by atoms with Gasteiger partial charge in [-0.1, -0.05) is 15.9 Å². The molecule has 0 saturated carbocycles. The molecule has 94 valence electrons. The van der Waals surface area contributed by atoms with Gasteiger partial charge in [0.2, 0.25) is 5.95 Å². The smallest absolute Gasteiger partial charge is 0.212 e. The van der Waals surface area contributed by atoms with Crippen molar-refractivity contribution in [2.75, 3.05) is 12.4 Å². The van der Waals surface area contributed by atoms with Crippen LogP contribution in [0, 0.1) is 5.95 Å². The second-order valence-corrected chi connectivity index (χ2v) is 4.59. The van der Waals surface area contributed by atoms with Gasteiger partial charge in [0.15, 0.2) is 0 Å². The fraction of sp³-hybridized carbons (Fsp3) is 0.154. The van der Waals surface area contributed by atoms with Crippen molar-refractivity contribution >= 4 is 21.6 Å². The Balaban J connectivity index is 2.09. The highest BCUT2D eigenvalue weighted by Crippen LogP contribution is 2.23. The van der Waals surface area contributed by atoms with Gasteiger partial charge in [0, 0.05) is 16.6 Å². The number of hydrogen-bond donors (Lipinski definition) is 1. The molecule has 1 N–H and O–H groups in total. The minimum absolute atomic E-state index is 0.486. The molecule has 1 aromatic carbocycles. The number of pyridine rings is 1. The Kier molecular flexibility index (Phi) is 4.15. The van der Waals surface area contributed by atoms with Crippen LogP contribution in [0.25, 0.3) is 0 Å². The normalized spacial score (nSPS) is 10.2. The monoisotopic (exact) mass is 310 g/mol. The molecule has 5 heteroatoms. The van der Waals surface area contributed by atoms with Crippen molar-refractivity contribution in [2.45, 2.75) is 6.54 Å². The van der Waals surface area contributed by atoms with Crippen molar-refractivity contribution in [1.29, 1.82) is 0 Å². The summed E-state index contributed by atoms with van der Waals surface area (Å²) in [5.74, 6) is 0.321. The lowest BCUT2D eigenvalue weighted by Gasteiger charge is -2.10. The molecule has 0 unspecified atom stereocenters. The summed E-state index contributed by atoms with van der Waals surface area (Å²) >= 11 is 3.42. The maximum atomic E-state index is 12.7. The molecule has 2 aromatic rings. The van der Waals surface area contributed by atoms with Gasteiger partial charge in [-0.2, -0.15) is 4.39 Å². The molecule has 1 heterocycles. The Morgan fingerprint density at radius 2 is 2.17 bits per heavy atom. The van der Waals surface area contributed by atoms with Crippen molar-refractivity contribution in [3.8, 4) is 5.75 Å². The van der Waals surface area contributed by atoms with Crippen LogP contribution < -0.4 is 10.1 Å². The molecule has 18 heavy (non-hydrogen) atoms. The summed E-state index contributed by atoms with van der Waals surface area (Å²) in [4.78, 5) is 3.58. The minimum atomic E-state index is -0.486. The maximum absolute atomic E-state index is 12.7. The van der Waals surface area contributed by atoms with Gasteiger partial charge in [-0.25, -0.2) is 4.98 Å². The first kappa shape index (κ1) is 12.8. The average molecular weight is 311 g/mol. The average Bonchev–Trinajstić information content (AvgIpc) is 2.38. The zero-order valence-corrected chi connectivity index (χ0v) is 11.4. The van der Waals surface area contributed by atoms with Crippen LogP contribution in [0.1, 0.15) is 5.56 Å². The molecule has 0 aliphatic heterocycles. The summed E-state index contributed by atoms with van der Waals surface area (Å²) in [6.45, 7) is 0.579. The molecule has 0 fully saturated rings. The largest absolute Gasteiger partial charge is 0.496 e. The number of hydrogen-bond acceptors (Lipinski definition) is 3. The van der Waals surface area contributed by atoms with Crippen molar-refractivity contribution < 1.29 is 9.13 Å². The first-order valence-electron chi connectivity index (χ1n) is 5.37. The maximum Gasteiger partial charge on any atom is 0.212 e. The Labute approximate surface area is 113 Å². The van der Waals surface area contributed by atoms with Gasteiger partial charge in [0.05, 0.1) is 19.0 Å². The van der Waals surface area contributed by atoms with Crippen LogP contribution in [0.3, 0.4) is 0 Å². The number of methoxy groups -OCH3 is 1. The molecule has 0 aliphatic rings. The third-order valence-corrected chi connectivity index (χ3v) is 2.95. The van der Waals surface area contributed by atoms with E-state index in [1.807, 2.05) is 18.2 Å². The molecule has 0 saturated heterocycles. The van der Waals surface area contributed by atoms with Crippen LogP contribution in [-0.2, 0) is 6.54 Å². The molecule has 0 amide bonds. The molecule has 1 aromatic heterocycles. The number of nitrogens with zero attached hydrogens (tertiary/aromatic N) is 1.